The van der Waals surface area contributed by atoms with Crippen LogP contribution in [0.4, 0.5) is 0 Å². The molecule has 3 rings (SSSR count). The molecule has 0 aliphatic carbocycles. The number of benzene rings is 2. The van der Waals surface area contributed by atoms with Gasteiger partial charge in [0.1, 0.15) is 0 Å². The second-order valence-electron chi connectivity index (χ2n) is 6.87. The van der Waals surface area contributed by atoms with Crippen LogP contribution in [0.25, 0.3) is 6.08 Å². The van der Waals surface area contributed by atoms with Crippen molar-refractivity contribution in [2.75, 3.05) is 0 Å². The zero-order valence-electron chi connectivity index (χ0n) is 16.4. The van der Waals surface area contributed by atoms with Crippen LogP contribution in [0, 0.1) is 34.6 Å². The Kier molecular flexibility index (Phi) is 7.29. The summed E-state index contributed by atoms with van der Waals surface area (Å²) in [4.78, 5) is 0. The first-order valence-corrected chi connectivity index (χ1v) is 9.32. The summed E-state index contributed by atoms with van der Waals surface area (Å²) in [6.07, 6.45) is 6.51. The number of halogens is 1. The molecule has 0 saturated heterocycles. The summed E-state index contributed by atoms with van der Waals surface area (Å²) in [5.74, 6) is 0. The van der Waals surface area contributed by atoms with Gasteiger partial charge in [-0.2, -0.15) is 0 Å². The maximum absolute atomic E-state index is 5.94. The standard InChI is InChI=1S/C16H18ClN.C8H10/c1-12-9-14(3)18(11-12)8-4-5-15-6-7-16(17)10-13(15)2;1-7-3-5-8(2)6-4-7/h4-7,9-11H,8H2,1-3H3;3-6H,1-2H3/b5-4+;. The molecule has 0 spiro atoms. The predicted molar refractivity (Wildman–Crippen MR) is 115 cm³/mol. The smallest absolute Gasteiger partial charge is 0.0409 e. The average molecular weight is 366 g/mol. The molecule has 0 aliphatic heterocycles. The van der Waals surface area contributed by atoms with Gasteiger partial charge in [-0.3, -0.25) is 0 Å². The van der Waals surface area contributed by atoms with Crippen molar-refractivity contribution in [3.63, 3.8) is 0 Å². The van der Waals surface area contributed by atoms with Crippen LogP contribution in [0.5, 0.6) is 0 Å². The molecule has 0 fully saturated rings. The van der Waals surface area contributed by atoms with Gasteiger partial charge in [0.15, 0.2) is 0 Å². The second kappa shape index (κ2) is 9.45. The Morgan fingerprint density at radius 1 is 0.808 bits per heavy atom. The maximum Gasteiger partial charge on any atom is 0.0409 e. The van der Waals surface area contributed by atoms with Crippen LogP contribution in [0.15, 0.2) is 60.8 Å². The summed E-state index contributed by atoms with van der Waals surface area (Å²) < 4.78 is 2.25. The fourth-order valence-electron chi connectivity index (χ4n) is 2.75. The number of hydrogen-bond donors (Lipinski definition) is 0. The van der Waals surface area contributed by atoms with Gasteiger partial charge in [-0.05, 0) is 69.5 Å². The van der Waals surface area contributed by atoms with Crippen LogP contribution in [-0.2, 0) is 6.54 Å². The van der Waals surface area contributed by atoms with Crippen LogP contribution in [0.1, 0.15) is 33.5 Å². The summed E-state index contributed by atoms with van der Waals surface area (Å²) in [6.45, 7) is 11.4. The molecule has 2 heteroatoms. The highest BCUT2D eigenvalue weighted by atomic mass is 35.5. The van der Waals surface area contributed by atoms with Gasteiger partial charge in [0, 0.05) is 23.5 Å². The van der Waals surface area contributed by atoms with Crippen LogP contribution in [-0.4, -0.2) is 4.57 Å². The molecule has 26 heavy (non-hydrogen) atoms. The molecule has 0 N–H and O–H groups in total. The molecule has 1 aromatic heterocycles. The third-order valence-electron chi connectivity index (χ3n) is 4.30. The Hall–Kier alpha value is -2.25. The molecule has 1 heterocycles. The Morgan fingerprint density at radius 2 is 1.42 bits per heavy atom. The molecule has 0 bridgehead atoms. The van der Waals surface area contributed by atoms with Crippen molar-refractivity contribution < 1.29 is 0 Å². The number of allylic oxidation sites excluding steroid dienone is 1. The lowest BCUT2D eigenvalue weighted by molar-refractivity contribution is 0.798. The van der Waals surface area contributed by atoms with Gasteiger partial charge in [0.05, 0.1) is 0 Å². The lowest BCUT2D eigenvalue weighted by Crippen LogP contribution is -1.94. The largest absolute Gasteiger partial charge is 0.348 e. The van der Waals surface area contributed by atoms with Crippen molar-refractivity contribution >= 4 is 17.7 Å². The lowest BCUT2D eigenvalue weighted by Gasteiger charge is -2.03. The number of hydrogen-bond acceptors (Lipinski definition) is 0. The minimum Gasteiger partial charge on any atom is -0.348 e. The molecule has 2 aromatic carbocycles. The molecule has 1 nitrogen and oxygen atoms in total. The van der Waals surface area contributed by atoms with Crippen molar-refractivity contribution in [2.45, 2.75) is 41.2 Å². The normalized spacial score (nSPS) is 10.7. The van der Waals surface area contributed by atoms with Gasteiger partial charge in [-0.15, -0.1) is 0 Å². The van der Waals surface area contributed by atoms with Crippen molar-refractivity contribution in [3.8, 4) is 0 Å². The summed E-state index contributed by atoms with van der Waals surface area (Å²) in [5, 5.41) is 0.793. The molecule has 0 saturated carbocycles. The summed E-state index contributed by atoms with van der Waals surface area (Å²) in [6, 6.07) is 16.7. The van der Waals surface area contributed by atoms with E-state index in [0.717, 1.165) is 11.6 Å². The van der Waals surface area contributed by atoms with Gasteiger partial charge < -0.3 is 4.57 Å². The number of aromatic nitrogens is 1. The quantitative estimate of drug-likeness (QED) is 0.467. The Balaban J connectivity index is 0.000000254. The first-order valence-electron chi connectivity index (χ1n) is 8.94. The van der Waals surface area contributed by atoms with Gasteiger partial charge in [-0.25, -0.2) is 0 Å². The summed E-state index contributed by atoms with van der Waals surface area (Å²) in [5.41, 5.74) is 7.69. The van der Waals surface area contributed by atoms with E-state index >= 15 is 0 Å². The highest BCUT2D eigenvalue weighted by Crippen LogP contribution is 2.16. The Morgan fingerprint density at radius 3 is 1.92 bits per heavy atom. The zero-order chi connectivity index (χ0) is 19.1. The number of aryl methyl sites for hydroxylation is 5. The SMILES string of the molecule is Cc1cc(C)n(C/C=C/c2ccc(Cl)cc2C)c1.Cc1ccc(C)cc1. The molecular weight excluding hydrogens is 338 g/mol. The number of rotatable bonds is 3. The molecule has 3 aromatic rings. The molecular formula is C24H28ClN. The van der Waals surface area contributed by atoms with E-state index in [1.807, 2.05) is 12.1 Å². The third-order valence-corrected chi connectivity index (χ3v) is 4.53. The maximum atomic E-state index is 5.94. The fourth-order valence-corrected chi connectivity index (χ4v) is 2.98. The third kappa shape index (κ3) is 6.24. The van der Waals surface area contributed by atoms with E-state index in [1.54, 1.807) is 0 Å². The van der Waals surface area contributed by atoms with E-state index in [2.05, 4.69) is 93.9 Å². The summed E-state index contributed by atoms with van der Waals surface area (Å²) >= 11 is 5.94. The van der Waals surface area contributed by atoms with E-state index in [9.17, 15) is 0 Å². The van der Waals surface area contributed by atoms with Crippen LogP contribution >= 0.6 is 11.6 Å². The molecule has 0 unspecified atom stereocenters. The van der Waals surface area contributed by atoms with Crippen LogP contribution in [0.3, 0.4) is 0 Å². The van der Waals surface area contributed by atoms with Crippen molar-refractivity contribution in [3.05, 3.63) is 99.3 Å². The van der Waals surface area contributed by atoms with E-state index in [4.69, 9.17) is 11.6 Å². The summed E-state index contributed by atoms with van der Waals surface area (Å²) in [7, 11) is 0. The zero-order valence-corrected chi connectivity index (χ0v) is 17.1. The van der Waals surface area contributed by atoms with Gasteiger partial charge in [0.2, 0.25) is 0 Å². The van der Waals surface area contributed by atoms with Gasteiger partial charge in [-0.1, -0.05) is 65.2 Å². The second-order valence-corrected chi connectivity index (χ2v) is 7.31. The molecule has 0 aliphatic rings. The highest BCUT2D eigenvalue weighted by molar-refractivity contribution is 6.30. The molecule has 0 atom stereocenters. The lowest BCUT2D eigenvalue weighted by atomic mass is 10.1. The van der Waals surface area contributed by atoms with E-state index < -0.39 is 0 Å². The first-order chi connectivity index (χ1) is 12.3. The van der Waals surface area contributed by atoms with E-state index in [-0.39, 0.29) is 0 Å². The minimum absolute atomic E-state index is 0.793. The average Bonchev–Trinajstić information content (AvgIpc) is 2.90. The van der Waals surface area contributed by atoms with Crippen molar-refractivity contribution in [1.29, 1.82) is 0 Å². The predicted octanol–water partition coefficient (Wildman–Crippen LogP) is 7.08. The fraction of sp³-hybridized carbons (Fsp3) is 0.250. The van der Waals surface area contributed by atoms with Crippen molar-refractivity contribution in [2.24, 2.45) is 0 Å². The van der Waals surface area contributed by atoms with Crippen LogP contribution in [0.2, 0.25) is 5.02 Å². The Labute approximate surface area is 163 Å². The Bertz CT molecular complexity index is 849. The monoisotopic (exact) mass is 365 g/mol. The van der Waals surface area contributed by atoms with Crippen LogP contribution < -0.4 is 0 Å². The first kappa shape index (κ1) is 20.1. The van der Waals surface area contributed by atoms with E-state index in [1.165, 1.54) is 33.5 Å². The molecule has 136 valence electrons. The van der Waals surface area contributed by atoms with Crippen molar-refractivity contribution in [1.82, 2.24) is 4.57 Å². The molecule has 0 radical (unpaired) electrons. The topological polar surface area (TPSA) is 4.93 Å². The molecule has 0 amide bonds. The van der Waals surface area contributed by atoms with Gasteiger partial charge >= 0.3 is 0 Å². The highest BCUT2D eigenvalue weighted by Gasteiger charge is 1.97. The minimum atomic E-state index is 0.793. The van der Waals surface area contributed by atoms with Gasteiger partial charge in [0.25, 0.3) is 0 Å². The number of nitrogens with zero attached hydrogens (tertiary/aromatic N) is 1. The van der Waals surface area contributed by atoms with E-state index in [0.29, 0.717) is 0 Å².